The molecule has 0 saturated heterocycles. The zero-order valence-corrected chi connectivity index (χ0v) is 16.3. The van der Waals surface area contributed by atoms with Crippen molar-refractivity contribution in [2.45, 2.75) is 46.1 Å². The fourth-order valence-corrected chi connectivity index (χ4v) is 2.31. The van der Waals surface area contributed by atoms with E-state index < -0.39 is 24.0 Å². The van der Waals surface area contributed by atoms with E-state index in [1.807, 2.05) is 51.1 Å². The first-order chi connectivity index (χ1) is 13.0. The normalized spacial score (nSPS) is 13.2. The van der Waals surface area contributed by atoms with Gasteiger partial charge >= 0.3 is 11.9 Å². The highest BCUT2D eigenvalue weighted by atomic mass is 16.6. The fourth-order valence-electron chi connectivity index (χ4n) is 2.31. The number of allylic oxidation sites excluding steroid dienone is 1. The molecule has 0 aliphatic carbocycles. The Bertz CT molecular complexity index is 593. The van der Waals surface area contributed by atoms with Gasteiger partial charge in [-0.25, -0.2) is 4.79 Å². The van der Waals surface area contributed by atoms with Gasteiger partial charge in [-0.05, 0) is 43.9 Å². The average Bonchev–Trinajstić information content (AvgIpc) is 2.68. The molecule has 0 aliphatic rings. The zero-order chi connectivity index (χ0) is 20.1. The Morgan fingerprint density at radius 2 is 1.59 bits per heavy atom. The van der Waals surface area contributed by atoms with Crippen molar-refractivity contribution in [3.8, 4) is 5.75 Å². The number of benzene rings is 1. The van der Waals surface area contributed by atoms with Gasteiger partial charge < -0.3 is 19.3 Å². The van der Waals surface area contributed by atoms with Crippen LogP contribution in [-0.4, -0.2) is 43.0 Å². The van der Waals surface area contributed by atoms with E-state index in [0.717, 1.165) is 11.3 Å². The second-order valence-corrected chi connectivity index (χ2v) is 6.03. The highest BCUT2D eigenvalue weighted by Gasteiger charge is 2.33. The molecule has 0 fully saturated rings. The number of esters is 2. The molecule has 0 heterocycles. The van der Waals surface area contributed by atoms with Crippen LogP contribution in [0.2, 0.25) is 0 Å². The molecule has 27 heavy (non-hydrogen) atoms. The molecule has 2 atom stereocenters. The van der Waals surface area contributed by atoms with Crippen molar-refractivity contribution < 1.29 is 28.9 Å². The molecule has 0 aromatic heterocycles. The van der Waals surface area contributed by atoms with Crippen LogP contribution in [0.4, 0.5) is 0 Å². The van der Waals surface area contributed by atoms with E-state index in [-0.39, 0.29) is 19.6 Å². The SMILES string of the molecule is CCCOC(=O)[C@@H](O)[C@@H](C/C=C/c1ccc(OCC)cc1)C(=O)OCCC. The number of carbonyl (C=O) groups excluding carboxylic acids is 2. The molecule has 1 N–H and O–H groups in total. The van der Waals surface area contributed by atoms with Crippen LogP contribution in [0.15, 0.2) is 30.3 Å². The van der Waals surface area contributed by atoms with Crippen molar-refractivity contribution in [2.24, 2.45) is 5.92 Å². The Balaban J connectivity index is 2.76. The largest absolute Gasteiger partial charge is 0.494 e. The van der Waals surface area contributed by atoms with Crippen LogP contribution in [-0.2, 0) is 19.1 Å². The second kappa shape index (κ2) is 12.9. The smallest absolute Gasteiger partial charge is 0.335 e. The minimum atomic E-state index is -1.55. The molecule has 0 unspecified atom stereocenters. The van der Waals surface area contributed by atoms with Crippen LogP contribution >= 0.6 is 0 Å². The first kappa shape index (κ1) is 22.7. The highest BCUT2D eigenvalue weighted by molar-refractivity contribution is 5.84. The second-order valence-electron chi connectivity index (χ2n) is 6.03. The Morgan fingerprint density at radius 1 is 1.00 bits per heavy atom. The van der Waals surface area contributed by atoms with Crippen molar-refractivity contribution in [3.63, 3.8) is 0 Å². The number of rotatable bonds is 12. The Kier molecular flexibility index (Phi) is 10.9. The molecule has 0 bridgehead atoms. The lowest BCUT2D eigenvalue weighted by molar-refractivity contribution is -0.166. The number of hydrogen-bond donors (Lipinski definition) is 1. The molecule has 0 spiro atoms. The van der Waals surface area contributed by atoms with E-state index in [2.05, 4.69) is 0 Å². The van der Waals surface area contributed by atoms with Gasteiger partial charge in [0, 0.05) is 0 Å². The Labute approximate surface area is 161 Å². The third kappa shape index (κ3) is 8.26. The Morgan fingerprint density at radius 3 is 2.15 bits per heavy atom. The van der Waals surface area contributed by atoms with Gasteiger partial charge in [0.1, 0.15) is 5.75 Å². The van der Waals surface area contributed by atoms with Crippen molar-refractivity contribution in [2.75, 3.05) is 19.8 Å². The number of aliphatic hydroxyl groups is 1. The summed E-state index contributed by atoms with van der Waals surface area (Å²) in [5, 5.41) is 10.2. The fraction of sp³-hybridized carbons (Fsp3) is 0.524. The minimum Gasteiger partial charge on any atom is -0.494 e. The van der Waals surface area contributed by atoms with Crippen LogP contribution in [0.1, 0.15) is 45.6 Å². The summed E-state index contributed by atoms with van der Waals surface area (Å²) in [7, 11) is 0. The molecular weight excluding hydrogens is 348 g/mol. The van der Waals surface area contributed by atoms with Crippen LogP contribution in [0, 0.1) is 5.92 Å². The van der Waals surface area contributed by atoms with E-state index in [9.17, 15) is 14.7 Å². The molecule has 0 aliphatic heterocycles. The van der Waals surface area contributed by atoms with Crippen molar-refractivity contribution in [1.82, 2.24) is 0 Å². The van der Waals surface area contributed by atoms with E-state index in [0.29, 0.717) is 19.4 Å². The summed E-state index contributed by atoms with van der Waals surface area (Å²) < 4.78 is 15.5. The van der Waals surface area contributed by atoms with Crippen LogP contribution in [0.3, 0.4) is 0 Å². The maximum Gasteiger partial charge on any atom is 0.335 e. The van der Waals surface area contributed by atoms with Crippen molar-refractivity contribution in [1.29, 1.82) is 0 Å². The summed E-state index contributed by atoms with van der Waals surface area (Å²) in [5.41, 5.74) is 0.919. The first-order valence-corrected chi connectivity index (χ1v) is 9.44. The maximum absolute atomic E-state index is 12.2. The van der Waals surface area contributed by atoms with Crippen LogP contribution in [0.25, 0.3) is 6.08 Å². The van der Waals surface area contributed by atoms with Gasteiger partial charge in [0.25, 0.3) is 0 Å². The third-order valence-electron chi connectivity index (χ3n) is 3.71. The molecule has 1 rings (SSSR count). The standard InChI is InChI=1S/C21H30O6/c1-4-14-26-20(23)18(19(22)21(24)27-15-5-2)9-7-8-16-10-12-17(13-11-16)25-6-3/h7-8,10-13,18-19,22H,4-6,9,14-15H2,1-3H3/b8-7+/t18-,19+/m1/s1. The van der Waals surface area contributed by atoms with Gasteiger partial charge in [0.05, 0.1) is 25.7 Å². The lowest BCUT2D eigenvalue weighted by Crippen LogP contribution is -2.37. The summed E-state index contributed by atoms with van der Waals surface area (Å²) in [6.45, 7) is 6.70. The average molecular weight is 378 g/mol. The summed E-state index contributed by atoms with van der Waals surface area (Å²) in [6, 6.07) is 7.48. The van der Waals surface area contributed by atoms with Gasteiger partial charge in [-0.3, -0.25) is 4.79 Å². The van der Waals surface area contributed by atoms with E-state index in [4.69, 9.17) is 14.2 Å². The molecule has 0 radical (unpaired) electrons. The third-order valence-corrected chi connectivity index (χ3v) is 3.71. The first-order valence-electron chi connectivity index (χ1n) is 9.44. The van der Waals surface area contributed by atoms with E-state index in [1.165, 1.54) is 0 Å². The lowest BCUT2D eigenvalue weighted by Gasteiger charge is -2.19. The summed E-state index contributed by atoms with van der Waals surface area (Å²) in [6.07, 6.45) is 3.48. The van der Waals surface area contributed by atoms with E-state index in [1.54, 1.807) is 6.08 Å². The Hall–Kier alpha value is -2.34. The molecular formula is C21H30O6. The number of carbonyl (C=O) groups is 2. The minimum absolute atomic E-state index is 0.165. The van der Waals surface area contributed by atoms with Crippen molar-refractivity contribution in [3.05, 3.63) is 35.9 Å². The summed E-state index contributed by atoms with van der Waals surface area (Å²) in [5.74, 6) is -1.62. The lowest BCUT2D eigenvalue weighted by atomic mass is 9.97. The zero-order valence-electron chi connectivity index (χ0n) is 16.3. The molecule has 1 aromatic rings. The molecule has 0 saturated carbocycles. The molecule has 1 aromatic carbocycles. The highest BCUT2D eigenvalue weighted by Crippen LogP contribution is 2.17. The van der Waals surface area contributed by atoms with Gasteiger partial charge in [-0.1, -0.05) is 38.1 Å². The maximum atomic E-state index is 12.2. The quantitative estimate of drug-likeness (QED) is 0.562. The number of aliphatic hydroxyl groups excluding tert-OH is 1. The van der Waals surface area contributed by atoms with E-state index >= 15 is 0 Å². The molecule has 6 nitrogen and oxygen atoms in total. The molecule has 0 amide bonds. The van der Waals surface area contributed by atoms with Crippen LogP contribution in [0.5, 0.6) is 5.75 Å². The number of ether oxygens (including phenoxy) is 3. The predicted octanol–water partition coefficient (Wildman–Crippen LogP) is 3.37. The van der Waals surface area contributed by atoms with Gasteiger partial charge in [-0.2, -0.15) is 0 Å². The monoisotopic (exact) mass is 378 g/mol. The summed E-state index contributed by atoms with van der Waals surface area (Å²) in [4.78, 5) is 24.2. The summed E-state index contributed by atoms with van der Waals surface area (Å²) >= 11 is 0. The molecule has 6 heteroatoms. The van der Waals surface area contributed by atoms with Gasteiger partial charge in [0.15, 0.2) is 6.10 Å². The molecule has 150 valence electrons. The number of hydrogen-bond acceptors (Lipinski definition) is 6. The van der Waals surface area contributed by atoms with Gasteiger partial charge in [0.2, 0.25) is 0 Å². The van der Waals surface area contributed by atoms with Crippen LogP contribution < -0.4 is 4.74 Å². The van der Waals surface area contributed by atoms with Crippen molar-refractivity contribution >= 4 is 18.0 Å². The topological polar surface area (TPSA) is 82.1 Å². The van der Waals surface area contributed by atoms with Gasteiger partial charge in [-0.15, -0.1) is 0 Å². The predicted molar refractivity (Wildman–Crippen MR) is 103 cm³/mol.